The maximum Gasteiger partial charge on any atom is 0.257 e. The Kier molecular flexibility index (Phi) is 4.83. The highest BCUT2D eigenvalue weighted by Crippen LogP contribution is 2.22. The first-order valence-electron chi connectivity index (χ1n) is 6.86. The maximum atomic E-state index is 12.9. The molecule has 0 saturated carbocycles. The van der Waals surface area contributed by atoms with E-state index >= 15 is 0 Å². The van der Waals surface area contributed by atoms with Crippen molar-refractivity contribution < 1.29 is 9.18 Å². The van der Waals surface area contributed by atoms with E-state index in [0.717, 1.165) is 14.9 Å². The molecule has 6 heteroatoms. The summed E-state index contributed by atoms with van der Waals surface area (Å²) in [6, 6.07) is 13.5. The van der Waals surface area contributed by atoms with Crippen LogP contribution in [0.1, 0.15) is 20.8 Å². The minimum atomic E-state index is -0.250. The largest absolute Gasteiger partial charge is 0.298 e. The van der Waals surface area contributed by atoms with Gasteiger partial charge in [-0.1, -0.05) is 28.1 Å². The van der Waals surface area contributed by atoms with Crippen molar-refractivity contribution in [3.05, 3.63) is 81.0 Å². The SMILES string of the molecule is O=C(Nc1ncc(Cc2ccc(F)cc2)s1)c1ccc(Br)cc1. The molecule has 1 aromatic heterocycles. The Morgan fingerprint density at radius 1 is 1.13 bits per heavy atom. The van der Waals surface area contributed by atoms with Crippen LogP contribution in [0.2, 0.25) is 0 Å². The Hall–Kier alpha value is -2.05. The van der Waals surface area contributed by atoms with Gasteiger partial charge >= 0.3 is 0 Å². The number of rotatable bonds is 4. The number of amides is 1. The fourth-order valence-electron chi connectivity index (χ4n) is 2.02. The second-order valence-electron chi connectivity index (χ2n) is 4.90. The molecule has 3 rings (SSSR count). The number of carbonyl (C=O) groups is 1. The zero-order valence-corrected chi connectivity index (χ0v) is 14.3. The lowest BCUT2D eigenvalue weighted by molar-refractivity contribution is 0.102. The maximum absolute atomic E-state index is 12.9. The van der Waals surface area contributed by atoms with Crippen LogP contribution in [0.3, 0.4) is 0 Å². The van der Waals surface area contributed by atoms with Crippen molar-refractivity contribution in [2.75, 3.05) is 5.32 Å². The average Bonchev–Trinajstić information content (AvgIpc) is 2.97. The lowest BCUT2D eigenvalue weighted by atomic mass is 10.1. The van der Waals surface area contributed by atoms with E-state index in [-0.39, 0.29) is 11.7 Å². The molecule has 0 fully saturated rings. The van der Waals surface area contributed by atoms with Crippen LogP contribution in [0.25, 0.3) is 0 Å². The van der Waals surface area contributed by atoms with Gasteiger partial charge in [-0.2, -0.15) is 0 Å². The number of hydrogen-bond acceptors (Lipinski definition) is 3. The third kappa shape index (κ3) is 4.24. The summed E-state index contributed by atoms with van der Waals surface area (Å²) in [5.41, 5.74) is 1.57. The number of benzene rings is 2. The molecule has 0 spiro atoms. The van der Waals surface area contributed by atoms with Gasteiger partial charge in [0.1, 0.15) is 5.82 Å². The van der Waals surface area contributed by atoms with E-state index in [9.17, 15) is 9.18 Å². The van der Waals surface area contributed by atoms with Crippen molar-refractivity contribution in [1.29, 1.82) is 0 Å². The molecule has 0 aliphatic carbocycles. The molecule has 0 aliphatic heterocycles. The van der Waals surface area contributed by atoms with E-state index in [0.29, 0.717) is 17.1 Å². The van der Waals surface area contributed by atoms with Gasteiger partial charge in [0, 0.05) is 27.5 Å². The van der Waals surface area contributed by atoms with Crippen molar-refractivity contribution in [2.45, 2.75) is 6.42 Å². The molecular formula is C17H12BrFN2OS. The van der Waals surface area contributed by atoms with Crippen molar-refractivity contribution >= 4 is 38.3 Å². The standard InChI is InChI=1S/C17H12BrFN2OS/c18-13-5-3-12(4-6-13)16(22)21-17-20-10-15(23-17)9-11-1-7-14(19)8-2-11/h1-8,10H,9H2,(H,20,21,22). The van der Waals surface area contributed by atoms with Crippen molar-refractivity contribution in [3.63, 3.8) is 0 Å². The summed E-state index contributed by atoms with van der Waals surface area (Å²) in [5, 5.41) is 3.34. The first kappa shape index (κ1) is 15.8. The van der Waals surface area contributed by atoms with Gasteiger partial charge in [-0.25, -0.2) is 9.37 Å². The first-order chi connectivity index (χ1) is 11.1. The summed E-state index contributed by atoms with van der Waals surface area (Å²) in [7, 11) is 0. The zero-order chi connectivity index (χ0) is 16.2. The van der Waals surface area contributed by atoms with Crippen LogP contribution in [0.5, 0.6) is 0 Å². The Morgan fingerprint density at radius 2 is 1.83 bits per heavy atom. The smallest absolute Gasteiger partial charge is 0.257 e. The first-order valence-corrected chi connectivity index (χ1v) is 8.47. The molecule has 0 aliphatic rings. The van der Waals surface area contributed by atoms with Gasteiger partial charge < -0.3 is 0 Å². The normalized spacial score (nSPS) is 10.5. The molecular weight excluding hydrogens is 379 g/mol. The number of nitrogens with zero attached hydrogens (tertiary/aromatic N) is 1. The predicted octanol–water partition coefficient (Wildman–Crippen LogP) is 4.89. The molecule has 0 bridgehead atoms. The van der Waals surface area contributed by atoms with Gasteiger partial charge in [0.2, 0.25) is 0 Å². The lowest BCUT2D eigenvalue weighted by Crippen LogP contribution is -2.11. The highest BCUT2D eigenvalue weighted by molar-refractivity contribution is 9.10. The van der Waals surface area contributed by atoms with Gasteiger partial charge in [0.15, 0.2) is 5.13 Å². The number of thiazole rings is 1. The quantitative estimate of drug-likeness (QED) is 0.688. The minimum Gasteiger partial charge on any atom is -0.298 e. The van der Waals surface area contributed by atoms with Crippen molar-refractivity contribution in [3.8, 4) is 0 Å². The molecule has 116 valence electrons. The fraction of sp³-hybridized carbons (Fsp3) is 0.0588. The van der Waals surface area contributed by atoms with E-state index in [1.165, 1.54) is 23.5 Å². The summed E-state index contributed by atoms with van der Waals surface area (Å²) in [6.45, 7) is 0. The van der Waals surface area contributed by atoms with Crippen LogP contribution in [-0.4, -0.2) is 10.9 Å². The minimum absolute atomic E-state index is 0.194. The molecule has 3 aromatic rings. The van der Waals surface area contributed by atoms with Gasteiger partial charge in [-0.15, -0.1) is 11.3 Å². The molecule has 0 saturated heterocycles. The van der Waals surface area contributed by atoms with Gasteiger partial charge in [0.25, 0.3) is 5.91 Å². The third-order valence-electron chi connectivity index (χ3n) is 3.17. The number of carbonyl (C=O) groups excluding carboxylic acids is 1. The van der Waals surface area contributed by atoms with Gasteiger partial charge in [-0.05, 0) is 42.0 Å². The highest BCUT2D eigenvalue weighted by atomic mass is 79.9. The van der Waals surface area contributed by atoms with Crippen LogP contribution >= 0.6 is 27.3 Å². The van der Waals surface area contributed by atoms with E-state index in [4.69, 9.17) is 0 Å². The van der Waals surface area contributed by atoms with E-state index in [1.807, 2.05) is 12.1 Å². The van der Waals surface area contributed by atoms with E-state index in [1.54, 1.807) is 30.5 Å². The summed E-state index contributed by atoms with van der Waals surface area (Å²) < 4.78 is 13.8. The molecule has 0 unspecified atom stereocenters. The topological polar surface area (TPSA) is 42.0 Å². The lowest BCUT2D eigenvalue weighted by Gasteiger charge is -2.01. The molecule has 2 aromatic carbocycles. The van der Waals surface area contributed by atoms with E-state index < -0.39 is 0 Å². The highest BCUT2D eigenvalue weighted by Gasteiger charge is 2.09. The molecule has 1 amide bonds. The number of hydrogen-bond donors (Lipinski definition) is 1. The molecule has 3 nitrogen and oxygen atoms in total. The van der Waals surface area contributed by atoms with Crippen LogP contribution < -0.4 is 5.32 Å². The number of halogens is 2. The van der Waals surface area contributed by atoms with E-state index in [2.05, 4.69) is 26.2 Å². The molecule has 1 heterocycles. The summed E-state index contributed by atoms with van der Waals surface area (Å²) in [5.74, 6) is -0.444. The van der Waals surface area contributed by atoms with Gasteiger partial charge in [-0.3, -0.25) is 10.1 Å². The number of anilines is 1. The van der Waals surface area contributed by atoms with Crippen LogP contribution in [0.15, 0.2) is 59.2 Å². The second kappa shape index (κ2) is 7.02. The molecule has 23 heavy (non-hydrogen) atoms. The Labute approximate surface area is 145 Å². The summed E-state index contributed by atoms with van der Waals surface area (Å²) in [4.78, 5) is 17.3. The van der Waals surface area contributed by atoms with Crippen LogP contribution in [0.4, 0.5) is 9.52 Å². The third-order valence-corrected chi connectivity index (χ3v) is 4.61. The predicted molar refractivity (Wildman–Crippen MR) is 93.4 cm³/mol. The van der Waals surface area contributed by atoms with Crippen molar-refractivity contribution in [2.24, 2.45) is 0 Å². The molecule has 1 N–H and O–H groups in total. The number of aromatic nitrogens is 1. The Morgan fingerprint density at radius 3 is 2.52 bits per heavy atom. The average molecular weight is 391 g/mol. The molecule has 0 atom stereocenters. The van der Waals surface area contributed by atoms with Crippen LogP contribution in [0, 0.1) is 5.82 Å². The van der Waals surface area contributed by atoms with Crippen LogP contribution in [-0.2, 0) is 6.42 Å². The summed E-state index contributed by atoms with van der Waals surface area (Å²) in [6.07, 6.45) is 2.39. The Balaban J connectivity index is 1.66. The fourth-order valence-corrected chi connectivity index (χ4v) is 3.13. The monoisotopic (exact) mass is 390 g/mol. The Bertz CT molecular complexity index is 815. The van der Waals surface area contributed by atoms with Gasteiger partial charge in [0.05, 0.1) is 0 Å². The number of nitrogens with one attached hydrogen (secondary N) is 1. The zero-order valence-electron chi connectivity index (χ0n) is 11.9. The molecule has 0 radical (unpaired) electrons. The summed E-state index contributed by atoms with van der Waals surface area (Å²) >= 11 is 4.75. The second-order valence-corrected chi connectivity index (χ2v) is 6.93. The van der Waals surface area contributed by atoms with Crippen molar-refractivity contribution in [1.82, 2.24) is 4.98 Å².